The van der Waals surface area contributed by atoms with Crippen LogP contribution in [0.5, 0.6) is 5.75 Å². The molecule has 146 valence electrons. The summed E-state index contributed by atoms with van der Waals surface area (Å²) in [6.45, 7) is 4.56. The fourth-order valence-electron chi connectivity index (χ4n) is 2.65. The molecule has 6 nitrogen and oxygen atoms in total. The van der Waals surface area contributed by atoms with Gasteiger partial charge in [0.2, 0.25) is 5.91 Å². The molecule has 1 heterocycles. The molecule has 0 aliphatic carbocycles. The van der Waals surface area contributed by atoms with E-state index in [9.17, 15) is 9.90 Å². The second kappa shape index (κ2) is 9.27. The van der Waals surface area contributed by atoms with E-state index in [-0.39, 0.29) is 17.4 Å². The fraction of sp³-hybridized carbons (Fsp3) is 0.211. The Hall–Kier alpha value is -1.59. The number of hydrogen-bond donors (Lipinski definition) is 2. The number of nitrogens with zero attached hydrogens (tertiary/aromatic N) is 3. The third-order valence-corrected chi connectivity index (χ3v) is 6.16. The number of thioether (sulfide) groups is 1. The minimum Gasteiger partial charge on any atom is -0.507 e. The lowest BCUT2D eigenvalue weighted by molar-refractivity contribution is -0.113. The first-order valence-corrected chi connectivity index (χ1v) is 11.4. The Kier molecular flexibility index (Phi) is 7.00. The van der Waals surface area contributed by atoms with Crippen molar-refractivity contribution in [2.45, 2.75) is 25.5 Å². The van der Waals surface area contributed by atoms with Gasteiger partial charge in [-0.25, -0.2) is 0 Å². The lowest BCUT2D eigenvalue weighted by atomic mass is 10.2. The molecule has 0 bridgehead atoms. The van der Waals surface area contributed by atoms with Crippen LogP contribution >= 0.6 is 50.3 Å². The number of aryl methyl sites for hydroxylation is 1. The summed E-state index contributed by atoms with van der Waals surface area (Å²) in [6, 6.07) is 11.1. The normalized spacial score (nSPS) is 10.9. The van der Waals surface area contributed by atoms with Gasteiger partial charge in [0, 0.05) is 20.3 Å². The summed E-state index contributed by atoms with van der Waals surface area (Å²) in [7, 11) is 0. The standard InChI is InChI=1S/C19H18BrIN4O2S/c1-3-25-18(14-9-12(20)4-7-16(14)26)23-24-19(25)28-10-17(27)22-15-6-5-13(21)8-11(15)2/h4-9,26H,3,10H2,1-2H3,(H,22,27). The molecule has 0 saturated carbocycles. The highest BCUT2D eigenvalue weighted by atomic mass is 127. The number of aromatic nitrogens is 3. The Labute approximate surface area is 189 Å². The zero-order chi connectivity index (χ0) is 20.3. The molecule has 9 heteroatoms. The topological polar surface area (TPSA) is 80.0 Å². The van der Waals surface area contributed by atoms with Gasteiger partial charge in [-0.15, -0.1) is 10.2 Å². The zero-order valence-corrected chi connectivity index (χ0v) is 19.8. The van der Waals surface area contributed by atoms with Crippen molar-refractivity contribution in [2.24, 2.45) is 0 Å². The highest BCUT2D eigenvalue weighted by Gasteiger charge is 2.17. The van der Waals surface area contributed by atoms with Crippen LogP contribution in [0.2, 0.25) is 0 Å². The molecule has 0 saturated heterocycles. The second-order valence-corrected chi connectivity index (χ2v) is 9.11. The Morgan fingerprint density at radius 1 is 1.29 bits per heavy atom. The number of carbonyl (C=O) groups is 1. The summed E-state index contributed by atoms with van der Waals surface area (Å²) >= 11 is 6.97. The Morgan fingerprint density at radius 2 is 2.07 bits per heavy atom. The van der Waals surface area contributed by atoms with Gasteiger partial charge in [0.05, 0.1) is 11.3 Å². The highest BCUT2D eigenvalue weighted by molar-refractivity contribution is 14.1. The first-order valence-electron chi connectivity index (χ1n) is 8.50. The van der Waals surface area contributed by atoms with Crippen molar-refractivity contribution in [1.29, 1.82) is 0 Å². The Bertz CT molecular complexity index is 1030. The van der Waals surface area contributed by atoms with E-state index in [2.05, 4.69) is 54.0 Å². The molecular weight excluding hydrogens is 555 g/mol. The fourth-order valence-corrected chi connectivity index (χ4v) is 4.46. The summed E-state index contributed by atoms with van der Waals surface area (Å²) < 4.78 is 3.85. The SMILES string of the molecule is CCn1c(SCC(=O)Nc2ccc(I)cc2C)nnc1-c1cc(Br)ccc1O. The number of phenols is 1. The number of halogens is 2. The van der Waals surface area contributed by atoms with Gasteiger partial charge in [0.1, 0.15) is 5.75 Å². The first kappa shape index (κ1) is 21.1. The molecule has 1 aromatic heterocycles. The molecule has 0 aliphatic rings. The lowest BCUT2D eigenvalue weighted by Gasteiger charge is -2.10. The van der Waals surface area contributed by atoms with Crippen LogP contribution < -0.4 is 5.32 Å². The van der Waals surface area contributed by atoms with Gasteiger partial charge in [-0.1, -0.05) is 27.7 Å². The van der Waals surface area contributed by atoms with Crippen molar-refractivity contribution < 1.29 is 9.90 Å². The van der Waals surface area contributed by atoms with E-state index >= 15 is 0 Å². The van der Waals surface area contributed by atoms with Crippen molar-refractivity contribution in [2.75, 3.05) is 11.1 Å². The lowest BCUT2D eigenvalue weighted by Crippen LogP contribution is -2.15. The third-order valence-electron chi connectivity index (χ3n) is 4.03. The zero-order valence-electron chi connectivity index (χ0n) is 15.2. The molecule has 1 amide bonds. The molecular formula is C19H18BrIN4O2S. The van der Waals surface area contributed by atoms with Crippen molar-refractivity contribution in [3.63, 3.8) is 0 Å². The van der Waals surface area contributed by atoms with E-state index in [4.69, 9.17) is 0 Å². The molecule has 0 spiro atoms. The summed E-state index contributed by atoms with van der Waals surface area (Å²) in [5.74, 6) is 0.812. The van der Waals surface area contributed by atoms with Gasteiger partial charge in [0.15, 0.2) is 11.0 Å². The van der Waals surface area contributed by atoms with Gasteiger partial charge in [-0.05, 0) is 78.4 Å². The van der Waals surface area contributed by atoms with Crippen LogP contribution in [0.4, 0.5) is 5.69 Å². The maximum Gasteiger partial charge on any atom is 0.234 e. The highest BCUT2D eigenvalue weighted by Crippen LogP contribution is 2.32. The summed E-state index contributed by atoms with van der Waals surface area (Å²) in [6.07, 6.45) is 0. The van der Waals surface area contributed by atoms with E-state index in [1.807, 2.05) is 36.6 Å². The number of rotatable bonds is 6. The summed E-state index contributed by atoms with van der Waals surface area (Å²) in [5.41, 5.74) is 2.42. The predicted molar refractivity (Wildman–Crippen MR) is 124 cm³/mol. The molecule has 0 fully saturated rings. The van der Waals surface area contributed by atoms with Crippen LogP contribution in [-0.4, -0.2) is 31.5 Å². The van der Waals surface area contributed by atoms with E-state index in [0.29, 0.717) is 23.1 Å². The van der Waals surface area contributed by atoms with Crippen LogP contribution in [0.3, 0.4) is 0 Å². The smallest absolute Gasteiger partial charge is 0.234 e. The van der Waals surface area contributed by atoms with Gasteiger partial charge < -0.3 is 15.0 Å². The molecule has 0 unspecified atom stereocenters. The monoisotopic (exact) mass is 572 g/mol. The quantitative estimate of drug-likeness (QED) is 0.318. The van der Waals surface area contributed by atoms with Crippen LogP contribution in [0.1, 0.15) is 12.5 Å². The van der Waals surface area contributed by atoms with Crippen LogP contribution in [0.25, 0.3) is 11.4 Å². The van der Waals surface area contributed by atoms with E-state index in [1.165, 1.54) is 11.8 Å². The third kappa shape index (κ3) is 4.87. The van der Waals surface area contributed by atoms with Gasteiger partial charge in [0.25, 0.3) is 0 Å². The van der Waals surface area contributed by atoms with Crippen LogP contribution in [0.15, 0.2) is 46.0 Å². The van der Waals surface area contributed by atoms with Gasteiger partial charge >= 0.3 is 0 Å². The first-order chi connectivity index (χ1) is 13.4. The summed E-state index contributed by atoms with van der Waals surface area (Å²) in [5, 5.41) is 22.2. The van der Waals surface area contributed by atoms with Crippen LogP contribution in [0, 0.1) is 10.5 Å². The molecule has 2 aromatic carbocycles. The number of aromatic hydroxyl groups is 1. The Morgan fingerprint density at radius 3 is 2.79 bits per heavy atom. The maximum atomic E-state index is 12.4. The molecule has 28 heavy (non-hydrogen) atoms. The number of benzene rings is 2. The number of phenolic OH excluding ortho intramolecular Hbond substituents is 1. The van der Waals surface area contributed by atoms with E-state index in [0.717, 1.165) is 19.3 Å². The molecule has 2 N–H and O–H groups in total. The van der Waals surface area contributed by atoms with Gasteiger partial charge in [-0.2, -0.15) is 0 Å². The molecule has 3 aromatic rings. The molecule has 3 rings (SSSR count). The van der Waals surface area contributed by atoms with Crippen molar-refractivity contribution in [3.8, 4) is 17.1 Å². The van der Waals surface area contributed by atoms with Gasteiger partial charge in [-0.3, -0.25) is 4.79 Å². The average molecular weight is 573 g/mol. The molecule has 0 aliphatic heterocycles. The van der Waals surface area contributed by atoms with E-state index in [1.54, 1.807) is 18.2 Å². The minimum atomic E-state index is -0.105. The number of hydrogen-bond acceptors (Lipinski definition) is 5. The van der Waals surface area contributed by atoms with Crippen molar-refractivity contribution in [3.05, 3.63) is 50.0 Å². The molecule has 0 atom stereocenters. The number of nitrogens with one attached hydrogen (secondary N) is 1. The Balaban J connectivity index is 1.73. The number of amides is 1. The predicted octanol–water partition coefficient (Wildman–Crippen LogP) is 5.08. The van der Waals surface area contributed by atoms with Crippen molar-refractivity contribution in [1.82, 2.24) is 14.8 Å². The van der Waals surface area contributed by atoms with Crippen molar-refractivity contribution >= 4 is 61.9 Å². The number of anilines is 1. The maximum absolute atomic E-state index is 12.4. The average Bonchev–Trinajstić information content (AvgIpc) is 3.07. The molecule has 0 radical (unpaired) electrons. The largest absolute Gasteiger partial charge is 0.507 e. The minimum absolute atomic E-state index is 0.105. The second-order valence-electron chi connectivity index (χ2n) is 6.01. The van der Waals surface area contributed by atoms with E-state index < -0.39 is 0 Å². The summed E-state index contributed by atoms with van der Waals surface area (Å²) in [4.78, 5) is 12.4. The van der Waals surface area contributed by atoms with Crippen LogP contribution in [-0.2, 0) is 11.3 Å². The number of carbonyl (C=O) groups excluding carboxylic acids is 1.